The van der Waals surface area contributed by atoms with E-state index in [1.165, 1.54) is 30.0 Å². The molecule has 4 aromatic rings. The number of hydrogen-bond acceptors (Lipinski definition) is 8. The number of hydrogen-bond donors (Lipinski definition) is 1. The zero-order chi connectivity index (χ0) is 33.3. The SMILES string of the molecule is COC(=O)C(CC[C@H]1c2[nH]c3ccccc3c2CCN1C/C=C/C=C/OC(=O)OC(C)(C)C)(Sc1ccccc1)Sc1ccccc1. The first-order valence-electron chi connectivity index (χ1n) is 15.8. The number of thioether (sulfide) groups is 2. The lowest BCUT2D eigenvalue weighted by Gasteiger charge is -2.38. The summed E-state index contributed by atoms with van der Waals surface area (Å²) in [5.74, 6) is -0.255. The Kier molecular flexibility index (Phi) is 11.6. The van der Waals surface area contributed by atoms with Gasteiger partial charge in [-0.3, -0.25) is 4.90 Å². The van der Waals surface area contributed by atoms with Crippen LogP contribution in [0.25, 0.3) is 10.9 Å². The molecular formula is C38H42N2O5S2. The molecule has 0 amide bonds. The quantitative estimate of drug-likeness (QED) is 0.0525. The van der Waals surface area contributed by atoms with Gasteiger partial charge in [0.05, 0.1) is 19.4 Å². The molecule has 0 unspecified atom stereocenters. The highest BCUT2D eigenvalue weighted by Crippen LogP contribution is 2.51. The highest BCUT2D eigenvalue weighted by molar-refractivity contribution is 8.19. The number of methoxy groups -OCH3 is 1. The number of aromatic amines is 1. The Hall–Kier alpha value is -3.92. The summed E-state index contributed by atoms with van der Waals surface area (Å²) in [5.41, 5.74) is 3.05. The molecule has 0 saturated carbocycles. The molecule has 0 bridgehead atoms. The average molecular weight is 671 g/mol. The van der Waals surface area contributed by atoms with Gasteiger partial charge in [0, 0.05) is 39.5 Å². The minimum atomic E-state index is -0.912. The number of para-hydroxylation sites is 1. The molecule has 1 aromatic heterocycles. The van der Waals surface area contributed by atoms with Crippen molar-refractivity contribution in [1.82, 2.24) is 9.88 Å². The average Bonchev–Trinajstić information content (AvgIpc) is 3.44. The van der Waals surface area contributed by atoms with E-state index in [1.54, 1.807) is 50.4 Å². The summed E-state index contributed by atoms with van der Waals surface area (Å²) in [6.45, 7) is 6.92. The van der Waals surface area contributed by atoms with Crippen LogP contribution >= 0.6 is 23.5 Å². The van der Waals surface area contributed by atoms with Gasteiger partial charge in [-0.05, 0) is 82.0 Å². The summed E-state index contributed by atoms with van der Waals surface area (Å²) in [6, 6.07) is 28.6. The molecule has 0 saturated heterocycles. The molecule has 1 atom stereocenters. The number of ether oxygens (including phenoxy) is 3. The number of aromatic nitrogens is 1. The molecule has 47 heavy (non-hydrogen) atoms. The van der Waals surface area contributed by atoms with E-state index in [0.717, 1.165) is 34.7 Å². The van der Waals surface area contributed by atoms with E-state index in [2.05, 4.69) is 40.2 Å². The normalized spacial score (nSPS) is 15.6. The molecular weight excluding hydrogens is 629 g/mol. The molecule has 1 N–H and O–H groups in total. The highest BCUT2D eigenvalue weighted by Gasteiger charge is 2.44. The van der Waals surface area contributed by atoms with E-state index in [4.69, 9.17) is 14.2 Å². The van der Waals surface area contributed by atoms with Crippen molar-refractivity contribution in [3.8, 4) is 0 Å². The predicted octanol–water partition coefficient (Wildman–Crippen LogP) is 9.32. The van der Waals surface area contributed by atoms with E-state index in [-0.39, 0.29) is 12.0 Å². The molecule has 246 valence electrons. The minimum absolute atomic E-state index is 0.0366. The Labute approximate surface area is 285 Å². The molecule has 0 radical (unpaired) electrons. The maximum atomic E-state index is 13.8. The van der Waals surface area contributed by atoms with E-state index in [0.29, 0.717) is 13.0 Å². The second-order valence-corrected chi connectivity index (χ2v) is 15.3. The van der Waals surface area contributed by atoms with Crippen molar-refractivity contribution >= 4 is 46.6 Å². The van der Waals surface area contributed by atoms with Gasteiger partial charge >= 0.3 is 12.1 Å². The van der Waals surface area contributed by atoms with Gasteiger partial charge in [0.1, 0.15) is 5.60 Å². The van der Waals surface area contributed by atoms with Crippen LogP contribution in [0.3, 0.4) is 0 Å². The summed E-state index contributed by atoms with van der Waals surface area (Å²) < 4.78 is 14.9. The van der Waals surface area contributed by atoms with E-state index in [1.807, 2.05) is 66.7 Å². The largest absolute Gasteiger partial charge is 0.513 e. The second-order valence-electron chi connectivity index (χ2n) is 12.3. The van der Waals surface area contributed by atoms with Crippen LogP contribution in [0.4, 0.5) is 4.79 Å². The third-order valence-corrected chi connectivity index (χ3v) is 10.7. The Morgan fingerprint density at radius 3 is 2.19 bits per heavy atom. The van der Waals surface area contributed by atoms with Crippen LogP contribution in [0.15, 0.2) is 119 Å². The predicted molar refractivity (Wildman–Crippen MR) is 190 cm³/mol. The standard InChI is InChI=1S/C38H42N2O5S2/c1-37(2,3)45-36(42)44-27-15-7-14-25-40-26-23-31-30-20-12-13-21-32(30)39-34(31)33(40)22-24-38(35(41)43-4,46-28-16-8-5-9-17-28)47-29-18-10-6-11-19-29/h5-21,27,33,39H,22-26H2,1-4H3/b14-7+,27-15+/t33-/m0/s1. The summed E-state index contributed by atoms with van der Waals surface area (Å²) in [6.07, 6.45) is 8.42. The maximum absolute atomic E-state index is 13.8. The number of allylic oxidation sites excluding steroid dienone is 2. The first-order valence-corrected chi connectivity index (χ1v) is 17.4. The van der Waals surface area contributed by atoms with Gasteiger partial charge in [0.15, 0.2) is 4.08 Å². The van der Waals surface area contributed by atoms with Crippen LogP contribution in [-0.2, 0) is 25.4 Å². The van der Waals surface area contributed by atoms with Gasteiger partial charge in [0.2, 0.25) is 0 Å². The fourth-order valence-electron chi connectivity index (χ4n) is 5.75. The Morgan fingerprint density at radius 2 is 1.55 bits per heavy atom. The van der Waals surface area contributed by atoms with Crippen molar-refractivity contribution in [3.05, 3.63) is 121 Å². The van der Waals surface area contributed by atoms with Crippen molar-refractivity contribution in [2.24, 2.45) is 0 Å². The van der Waals surface area contributed by atoms with Crippen molar-refractivity contribution in [3.63, 3.8) is 0 Å². The lowest BCUT2D eigenvalue weighted by Crippen LogP contribution is -2.38. The molecule has 0 spiro atoms. The topological polar surface area (TPSA) is 80.9 Å². The maximum Gasteiger partial charge on any atom is 0.513 e. The smallest absolute Gasteiger partial charge is 0.467 e. The van der Waals surface area contributed by atoms with Gasteiger partial charge in [-0.25, -0.2) is 9.59 Å². The lowest BCUT2D eigenvalue weighted by molar-refractivity contribution is -0.141. The van der Waals surface area contributed by atoms with Crippen molar-refractivity contribution in [2.75, 3.05) is 20.2 Å². The number of esters is 1. The summed E-state index contributed by atoms with van der Waals surface area (Å²) in [7, 11) is 1.47. The first-order chi connectivity index (χ1) is 22.7. The van der Waals surface area contributed by atoms with Crippen LogP contribution in [0, 0.1) is 0 Å². The van der Waals surface area contributed by atoms with Gasteiger partial charge in [-0.15, -0.1) is 0 Å². The zero-order valence-electron chi connectivity index (χ0n) is 27.3. The first kappa shape index (κ1) is 34.4. The summed E-state index contributed by atoms with van der Waals surface area (Å²) >= 11 is 3.11. The fourth-order valence-corrected chi connectivity index (χ4v) is 8.62. The number of nitrogens with one attached hydrogen (secondary N) is 1. The van der Waals surface area contributed by atoms with Crippen LogP contribution in [0.2, 0.25) is 0 Å². The Balaban J connectivity index is 1.41. The summed E-state index contributed by atoms with van der Waals surface area (Å²) in [4.78, 5) is 33.9. The lowest BCUT2D eigenvalue weighted by atomic mass is 9.93. The van der Waals surface area contributed by atoms with Gasteiger partial charge < -0.3 is 19.2 Å². The molecule has 7 nitrogen and oxygen atoms in total. The number of carbonyl (C=O) groups excluding carboxylic acids is 2. The Bertz CT molecular complexity index is 1650. The van der Waals surface area contributed by atoms with Crippen LogP contribution in [-0.4, -0.2) is 51.9 Å². The van der Waals surface area contributed by atoms with Crippen molar-refractivity contribution in [2.45, 2.75) is 65.5 Å². The number of H-pyrrole nitrogens is 1. The third kappa shape index (κ3) is 9.12. The van der Waals surface area contributed by atoms with E-state index < -0.39 is 15.8 Å². The summed E-state index contributed by atoms with van der Waals surface area (Å²) in [5, 5.41) is 1.25. The van der Waals surface area contributed by atoms with Crippen molar-refractivity contribution in [1.29, 1.82) is 0 Å². The molecule has 2 heterocycles. The molecule has 5 rings (SSSR count). The molecule has 1 aliphatic rings. The molecule has 9 heteroatoms. The number of benzene rings is 3. The van der Waals surface area contributed by atoms with Crippen LogP contribution < -0.4 is 0 Å². The van der Waals surface area contributed by atoms with E-state index in [9.17, 15) is 9.59 Å². The molecule has 0 fully saturated rings. The van der Waals surface area contributed by atoms with Gasteiger partial charge in [0.25, 0.3) is 0 Å². The molecule has 0 aliphatic carbocycles. The minimum Gasteiger partial charge on any atom is -0.467 e. The van der Waals surface area contributed by atoms with Crippen LogP contribution in [0.1, 0.15) is 50.9 Å². The number of carbonyl (C=O) groups is 2. The molecule has 3 aromatic carbocycles. The monoisotopic (exact) mass is 670 g/mol. The van der Waals surface area contributed by atoms with Crippen molar-refractivity contribution < 1.29 is 23.8 Å². The zero-order valence-corrected chi connectivity index (χ0v) is 28.9. The fraction of sp³-hybridized carbons (Fsp3) is 0.316. The number of rotatable bonds is 12. The molecule has 1 aliphatic heterocycles. The number of fused-ring (bicyclic) bond motifs is 3. The van der Waals surface area contributed by atoms with E-state index >= 15 is 0 Å². The van der Waals surface area contributed by atoms with Crippen LogP contribution in [0.5, 0.6) is 0 Å². The van der Waals surface area contributed by atoms with Gasteiger partial charge in [-0.2, -0.15) is 0 Å². The second kappa shape index (κ2) is 15.8. The number of nitrogens with zero attached hydrogens (tertiary/aromatic N) is 1. The van der Waals surface area contributed by atoms with Gasteiger partial charge in [-0.1, -0.05) is 90.3 Å². The third-order valence-electron chi connectivity index (χ3n) is 7.78. The Morgan fingerprint density at radius 1 is 0.915 bits per heavy atom. The highest BCUT2D eigenvalue weighted by atomic mass is 32.2.